The van der Waals surface area contributed by atoms with Crippen molar-refractivity contribution in [2.24, 2.45) is 10.7 Å². The number of hydrogen-bond acceptors (Lipinski definition) is 3. The van der Waals surface area contributed by atoms with Crippen LogP contribution in [-0.4, -0.2) is 44.1 Å². The molecule has 0 saturated carbocycles. The van der Waals surface area contributed by atoms with E-state index in [9.17, 15) is 0 Å². The fraction of sp³-hybridized carbons (Fsp3) is 0.562. The molecule has 1 aromatic rings. The van der Waals surface area contributed by atoms with Crippen LogP contribution in [0.5, 0.6) is 5.75 Å². The Kier molecular flexibility index (Phi) is 8.77. The largest absolute Gasteiger partial charge is 0.497 e. The van der Waals surface area contributed by atoms with Crippen molar-refractivity contribution in [3.8, 4) is 5.75 Å². The molecule has 1 rings (SSSR count). The van der Waals surface area contributed by atoms with E-state index in [1.165, 1.54) is 5.56 Å². The van der Waals surface area contributed by atoms with Crippen LogP contribution in [0.3, 0.4) is 0 Å². The molecule has 0 aliphatic rings. The minimum Gasteiger partial charge on any atom is -0.497 e. The van der Waals surface area contributed by atoms with Gasteiger partial charge in [-0.25, -0.2) is 0 Å². The van der Waals surface area contributed by atoms with Crippen molar-refractivity contribution in [3.63, 3.8) is 0 Å². The predicted molar refractivity (Wildman–Crippen MR) is 104 cm³/mol. The molecular weight excluding hydrogens is 391 g/mol. The zero-order chi connectivity index (χ0) is 16.0. The van der Waals surface area contributed by atoms with Crippen LogP contribution in [0, 0.1) is 0 Å². The summed E-state index contributed by atoms with van der Waals surface area (Å²) in [5.41, 5.74) is 7.04. The Hall–Kier alpha value is -1.02. The summed E-state index contributed by atoms with van der Waals surface area (Å²) in [6, 6.07) is 8.23. The van der Waals surface area contributed by atoms with E-state index in [0.29, 0.717) is 12.5 Å². The number of guanidine groups is 1. The molecule has 1 atom stereocenters. The molecule has 0 amide bonds. The van der Waals surface area contributed by atoms with Gasteiger partial charge in [-0.05, 0) is 52.6 Å². The molecule has 0 spiro atoms. The standard InChI is InChI=1S/C16H28N4O.HI/c1-16(2,3)19-15(17)18-11-14(20(4)5)12-7-9-13(21-6)10-8-12;/h7-10,14H,11H2,1-6H3,(H3,17,18,19);1H. The highest BCUT2D eigenvalue weighted by Gasteiger charge is 2.15. The molecule has 0 aliphatic carbocycles. The number of aliphatic imine (C=N–C) groups is 1. The molecule has 0 aliphatic heterocycles. The van der Waals surface area contributed by atoms with Gasteiger partial charge in [0.15, 0.2) is 5.96 Å². The van der Waals surface area contributed by atoms with Crippen LogP contribution in [-0.2, 0) is 0 Å². The SMILES string of the molecule is COc1ccc(C(CN=C(N)NC(C)(C)C)N(C)C)cc1.I. The fourth-order valence-electron chi connectivity index (χ4n) is 2.00. The van der Waals surface area contributed by atoms with Gasteiger partial charge in [-0.3, -0.25) is 4.99 Å². The van der Waals surface area contributed by atoms with Crippen LogP contribution in [0.4, 0.5) is 0 Å². The molecule has 0 heterocycles. The number of nitrogens with zero attached hydrogens (tertiary/aromatic N) is 2. The summed E-state index contributed by atoms with van der Waals surface area (Å²) in [6.45, 7) is 6.78. The van der Waals surface area contributed by atoms with Crippen molar-refractivity contribution in [1.82, 2.24) is 10.2 Å². The van der Waals surface area contributed by atoms with Crippen LogP contribution < -0.4 is 15.8 Å². The third kappa shape index (κ3) is 7.31. The Morgan fingerprint density at radius 3 is 2.23 bits per heavy atom. The molecule has 1 aromatic carbocycles. The number of ether oxygens (including phenoxy) is 1. The number of methoxy groups -OCH3 is 1. The maximum absolute atomic E-state index is 5.93. The third-order valence-corrected chi connectivity index (χ3v) is 3.06. The number of nitrogens with two attached hydrogens (primary N) is 1. The predicted octanol–water partition coefficient (Wildman–Crippen LogP) is 2.62. The molecule has 3 N–H and O–H groups in total. The van der Waals surface area contributed by atoms with E-state index in [-0.39, 0.29) is 35.6 Å². The van der Waals surface area contributed by atoms with Gasteiger partial charge < -0.3 is 20.7 Å². The first-order valence-electron chi connectivity index (χ1n) is 7.11. The van der Waals surface area contributed by atoms with Gasteiger partial charge in [0.2, 0.25) is 0 Å². The van der Waals surface area contributed by atoms with Crippen molar-refractivity contribution in [1.29, 1.82) is 0 Å². The highest BCUT2D eigenvalue weighted by Crippen LogP contribution is 2.21. The van der Waals surface area contributed by atoms with E-state index in [1.54, 1.807) is 7.11 Å². The Morgan fingerprint density at radius 1 is 1.27 bits per heavy atom. The van der Waals surface area contributed by atoms with Gasteiger partial charge in [-0.15, -0.1) is 24.0 Å². The highest BCUT2D eigenvalue weighted by atomic mass is 127. The van der Waals surface area contributed by atoms with Crippen LogP contribution in [0.2, 0.25) is 0 Å². The Bertz CT molecular complexity index is 466. The molecule has 0 aromatic heterocycles. The van der Waals surface area contributed by atoms with Gasteiger partial charge >= 0.3 is 0 Å². The molecule has 1 unspecified atom stereocenters. The number of likely N-dealkylation sites (N-methyl/N-ethyl adjacent to an activating group) is 1. The summed E-state index contributed by atoms with van der Waals surface area (Å²) < 4.78 is 5.19. The Labute approximate surface area is 151 Å². The lowest BCUT2D eigenvalue weighted by Gasteiger charge is -2.25. The molecule has 6 heteroatoms. The normalized spacial score (nSPS) is 13.5. The Morgan fingerprint density at radius 2 is 1.82 bits per heavy atom. The highest BCUT2D eigenvalue weighted by molar-refractivity contribution is 14.0. The first kappa shape index (κ1) is 21.0. The number of hydrogen-bond donors (Lipinski definition) is 2. The second-order valence-electron chi connectivity index (χ2n) is 6.35. The molecule has 126 valence electrons. The van der Waals surface area contributed by atoms with Gasteiger partial charge in [-0.1, -0.05) is 12.1 Å². The minimum atomic E-state index is -0.0820. The van der Waals surface area contributed by atoms with Gasteiger partial charge in [0.05, 0.1) is 19.7 Å². The Balaban J connectivity index is 0.00000441. The van der Waals surface area contributed by atoms with Gasteiger partial charge in [-0.2, -0.15) is 0 Å². The van der Waals surface area contributed by atoms with E-state index in [0.717, 1.165) is 5.75 Å². The first-order valence-corrected chi connectivity index (χ1v) is 7.11. The van der Waals surface area contributed by atoms with Crippen LogP contribution in [0.15, 0.2) is 29.3 Å². The molecule has 22 heavy (non-hydrogen) atoms. The smallest absolute Gasteiger partial charge is 0.189 e. The monoisotopic (exact) mass is 420 g/mol. The average Bonchev–Trinajstić information content (AvgIpc) is 2.37. The van der Waals surface area contributed by atoms with Crippen molar-refractivity contribution in [2.75, 3.05) is 27.7 Å². The molecule has 0 saturated heterocycles. The van der Waals surface area contributed by atoms with E-state index in [2.05, 4.69) is 48.1 Å². The third-order valence-electron chi connectivity index (χ3n) is 3.06. The summed E-state index contributed by atoms with van der Waals surface area (Å²) >= 11 is 0. The van der Waals surface area contributed by atoms with Gasteiger partial charge in [0, 0.05) is 5.54 Å². The zero-order valence-corrected chi connectivity index (χ0v) is 16.7. The molecule has 0 bridgehead atoms. The van der Waals surface area contributed by atoms with Crippen molar-refractivity contribution in [2.45, 2.75) is 32.4 Å². The van der Waals surface area contributed by atoms with Crippen LogP contribution in [0.25, 0.3) is 0 Å². The van der Waals surface area contributed by atoms with E-state index in [4.69, 9.17) is 10.5 Å². The number of rotatable bonds is 5. The molecule has 0 fully saturated rings. The topological polar surface area (TPSA) is 62.9 Å². The number of benzene rings is 1. The zero-order valence-electron chi connectivity index (χ0n) is 14.4. The maximum atomic E-state index is 5.93. The maximum Gasteiger partial charge on any atom is 0.189 e. The van der Waals surface area contributed by atoms with Crippen molar-refractivity contribution in [3.05, 3.63) is 29.8 Å². The average molecular weight is 420 g/mol. The van der Waals surface area contributed by atoms with Crippen molar-refractivity contribution >= 4 is 29.9 Å². The lowest BCUT2D eigenvalue weighted by atomic mass is 10.1. The quantitative estimate of drug-likeness (QED) is 0.437. The summed E-state index contributed by atoms with van der Waals surface area (Å²) in [7, 11) is 5.75. The molecule has 0 radical (unpaired) electrons. The number of nitrogens with one attached hydrogen (secondary N) is 1. The lowest BCUT2D eigenvalue weighted by molar-refractivity contribution is 0.306. The summed E-state index contributed by atoms with van der Waals surface area (Å²) in [5.74, 6) is 1.33. The van der Waals surface area contributed by atoms with Crippen LogP contribution >= 0.6 is 24.0 Å². The van der Waals surface area contributed by atoms with E-state index >= 15 is 0 Å². The number of halogens is 1. The second kappa shape index (κ2) is 9.19. The lowest BCUT2D eigenvalue weighted by Crippen LogP contribution is -2.45. The molecular formula is C16H29IN4O. The van der Waals surface area contributed by atoms with E-state index in [1.807, 2.05) is 26.2 Å². The van der Waals surface area contributed by atoms with Gasteiger partial charge in [0.1, 0.15) is 5.75 Å². The second-order valence-corrected chi connectivity index (χ2v) is 6.35. The summed E-state index contributed by atoms with van der Waals surface area (Å²) in [6.07, 6.45) is 0. The molecule has 5 nitrogen and oxygen atoms in total. The van der Waals surface area contributed by atoms with Crippen molar-refractivity contribution < 1.29 is 4.74 Å². The minimum absolute atomic E-state index is 0. The summed E-state index contributed by atoms with van der Waals surface area (Å²) in [5, 5.41) is 3.17. The summed E-state index contributed by atoms with van der Waals surface area (Å²) in [4.78, 5) is 6.60. The fourth-order valence-corrected chi connectivity index (χ4v) is 2.00. The van der Waals surface area contributed by atoms with E-state index < -0.39 is 0 Å². The first-order chi connectivity index (χ1) is 9.73. The van der Waals surface area contributed by atoms with Crippen LogP contribution in [0.1, 0.15) is 32.4 Å². The van der Waals surface area contributed by atoms with Gasteiger partial charge in [0.25, 0.3) is 0 Å².